The van der Waals surface area contributed by atoms with Gasteiger partial charge in [0, 0.05) is 35.1 Å². The Kier molecular flexibility index (Phi) is 5.11. The smallest absolute Gasteiger partial charge is 0.277 e. The molecule has 3 aromatic rings. The second-order valence-electron chi connectivity index (χ2n) is 5.39. The molecule has 0 aliphatic heterocycles. The van der Waals surface area contributed by atoms with Crippen molar-refractivity contribution < 1.29 is 9.21 Å². The molecule has 1 amide bonds. The van der Waals surface area contributed by atoms with Crippen LogP contribution in [0.15, 0.2) is 27.8 Å². The first-order valence-electron chi connectivity index (χ1n) is 7.49. The average Bonchev–Trinajstić information content (AvgIpc) is 3.09. The van der Waals surface area contributed by atoms with Crippen molar-refractivity contribution >= 4 is 40.2 Å². The minimum absolute atomic E-state index is 0.0635. The summed E-state index contributed by atoms with van der Waals surface area (Å²) in [4.78, 5) is 15.2. The third-order valence-corrected chi connectivity index (χ3v) is 4.67. The van der Waals surface area contributed by atoms with Crippen LogP contribution in [0, 0.1) is 13.8 Å². The van der Waals surface area contributed by atoms with Crippen molar-refractivity contribution in [1.82, 2.24) is 20.5 Å². The summed E-state index contributed by atoms with van der Waals surface area (Å²) in [6.07, 6.45) is 0.738. The van der Waals surface area contributed by atoms with E-state index in [4.69, 9.17) is 16.0 Å². The number of aromatic amines is 1. The van der Waals surface area contributed by atoms with Crippen LogP contribution in [0.2, 0.25) is 5.02 Å². The average molecular weight is 365 g/mol. The zero-order valence-corrected chi connectivity index (χ0v) is 14.9. The Morgan fingerprint density at radius 1 is 1.38 bits per heavy atom. The summed E-state index contributed by atoms with van der Waals surface area (Å²) >= 11 is 7.31. The number of carbonyl (C=O) groups is 1. The van der Waals surface area contributed by atoms with Crippen LogP contribution in [0.1, 0.15) is 17.1 Å². The summed E-state index contributed by atoms with van der Waals surface area (Å²) in [5.74, 6) is 0.679. The molecule has 126 valence electrons. The van der Waals surface area contributed by atoms with E-state index >= 15 is 0 Å². The van der Waals surface area contributed by atoms with E-state index < -0.39 is 0 Å². The number of benzene rings is 1. The normalized spacial score (nSPS) is 11.1. The maximum atomic E-state index is 11.9. The van der Waals surface area contributed by atoms with E-state index in [2.05, 4.69) is 20.5 Å². The standard InChI is InChI=1S/C16H17ClN4O2S/c1-9-12(13-7-11(17)3-4-14(13)19-9)5-6-18-15(22)8-24-16-21-20-10(2)23-16/h3-4,7,19H,5-6,8H2,1-2H3,(H,18,22). The molecular formula is C16H17ClN4O2S. The van der Waals surface area contributed by atoms with Crippen molar-refractivity contribution in [2.24, 2.45) is 0 Å². The fourth-order valence-corrected chi connectivity index (χ4v) is 3.33. The quantitative estimate of drug-likeness (QED) is 0.656. The molecule has 0 fully saturated rings. The predicted molar refractivity (Wildman–Crippen MR) is 94.5 cm³/mol. The third kappa shape index (κ3) is 3.91. The molecule has 0 unspecified atom stereocenters. The topological polar surface area (TPSA) is 83.8 Å². The van der Waals surface area contributed by atoms with Gasteiger partial charge in [-0.3, -0.25) is 4.79 Å². The van der Waals surface area contributed by atoms with Gasteiger partial charge in [0.2, 0.25) is 11.8 Å². The molecule has 0 saturated carbocycles. The van der Waals surface area contributed by atoms with Crippen LogP contribution in [0.25, 0.3) is 10.9 Å². The maximum Gasteiger partial charge on any atom is 0.277 e. The van der Waals surface area contributed by atoms with Crippen LogP contribution in [-0.4, -0.2) is 33.4 Å². The molecule has 1 aromatic carbocycles. The Morgan fingerprint density at radius 3 is 2.96 bits per heavy atom. The van der Waals surface area contributed by atoms with E-state index in [-0.39, 0.29) is 11.7 Å². The molecule has 2 heterocycles. The van der Waals surface area contributed by atoms with E-state index in [1.54, 1.807) is 6.92 Å². The maximum absolute atomic E-state index is 11.9. The molecular weight excluding hydrogens is 348 g/mol. The highest BCUT2D eigenvalue weighted by Gasteiger charge is 2.11. The highest BCUT2D eigenvalue weighted by atomic mass is 35.5. The lowest BCUT2D eigenvalue weighted by Crippen LogP contribution is -2.27. The van der Waals surface area contributed by atoms with Crippen LogP contribution in [-0.2, 0) is 11.2 Å². The first-order valence-corrected chi connectivity index (χ1v) is 8.85. The van der Waals surface area contributed by atoms with E-state index in [0.29, 0.717) is 22.7 Å². The van der Waals surface area contributed by atoms with Gasteiger partial charge in [-0.05, 0) is 37.1 Å². The number of carbonyl (C=O) groups excluding carboxylic acids is 1. The Labute approximate surface area is 148 Å². The lowest BCUT2D eigenvalue weighted by atomic mass is 10.1. The molecule has 0 bridgehead atoms. The minimum atomic E-state index is -0.0635. The fourth-order valence-electron chi connectivity index (χ4n) is 2.52. The fraction of sp³-hybridized carbons (Fsp3) is 0.312. The molecule has 0 aliphatic carbocycles. The molecule has 0 radical (unpaired) electrons. The number of H-pyrrole nitrogens is 1. The Morgan fingerprint density at radius 2 is 2.21 bits per heavy atom. The number of aryl methyl sites for hydroxylation is 2. The van der Waals surface area contributed by atoms with Crippen molar-refractivity contribution in [3.63, 3.8) is 0 Å². The van der Waals surface area contributed by atoms with E-state index in [9.17, 15) is 4.79 Å². The van der Waals surface area contributed by atoms with Crippen molar-refractivity contribution in [3.05, 3.63) is 40.4 Å². The van der Waals surface area contributed by atoms with E-state index in [1.807, 2.05) is 25.1 Å². The number of rotatable bonds is 6. The van der Waals surface area contributed by atoms with E-state index in [1.165, 1.54) is 17.3 Å². The van der Waals surface area contributed by atoms with Crippen LogP contribution < -0.4 is 5.32 Å². The number of aromatic nitrogens is 3. The van der Waals surface area contributed by atoms with Crippen molar-refractivity contribution in [1.29, 1.82) is 0 Å². The van der Waals surface area contributed by atoms with E-state index in [0.717, 1.165) is 23.0 Å². The number of hydrogen-bond donors (Lipinski definition) is 2. The molecule has 0 atom stereocenters. The molecule has 0 spiro atoms. The zero-order valence-electron chi connectivity index (χ0n) is 13.4. The number of nitrogens with zero attached hydrogens (tertiary/aromatic N) is 2. The second-order valence-corrected chi connectivity index (χ2v) is 6.76. The highest BCUT2D eigenvalue weighted by Crippen LogP contribution is 2.25. The van der Waals surface area contributed by atoms with Gasteiger partial charge in [-0.2, -0.15) is 0 Å². The summed E-state index contributed by atoms with van der Waals surface area (Å²) in [5.41, 5.74) is 3.32. The van der Waals surface area contributed by atoms with Gasteiger partial charge >= 0.3 is 0 Å². The molecule has 6 nitrogen and oxygen atoms in total. The van der Waals surface area contributed by atoms with Gasteiger partial charge in [0.15, 0.2) is 0 Å². The number of thioether (sulfide) groups is 1. The summed E-state index contributed by atoms with van der Waals surface area (Å²) < 4.78 is 5.22. The van der Waals surface area contributed by atoms with Crippen molar-refractivity contribution in [3.8, 4) is 0 Å². The number of fused-ring (bicyclic) bond motifs is 1. The van der Waals surface area contributed by atoms with Gasteiger partial charge in [0.25, 0.3) is 5.22 Å². The Bertz CT molecular complexity index is 874. The van der Waals surface area contributed by atoms with Crippen LogP contribution in [0.3, 0.4) is 0 Å². The van der Waals surface area contributed by atoms with Crippen molar-refractivity contribution in [2.75, 3.05) is 12.3 Å². The van der Waals surface area contributed by atoms with Gasteiger partial charge in [-0.15, -0.1) is 10.2 Å². The second kappa shape index (κ2) is 7.27. The SMILES string of the molecule is Cc1nnc(SCC(=O)NCCc2c(C)[nH]c3ccc(Cl)cc23)o1. The molecule has 0 aliphatic rings. The Balaban J connectivity index is 1.53. The highest BCUT2D eigenvalue weighted by molar-refractivity contribution is 7.99. The molecule has 0 saturated heterocycles. The number of nitrogens with one attached hydrogen (secondary N) is 2. The van der Waals surface area contributed by atoms with Crippen molar-refractivity contribution in [2.45, 2.75) is 25.5 Å². The molecule has 3 rings (SSSR count). The van der Waals surface area contributed by atoms with Crippen LogP contribution in [0.5, 0.6) is 0 Å². The molecule has 2 aromatic heterocycles. The zero-order chi connectivity index (χ0) is 17.1. The number of halogens is 1. The lowest BCUT2D eigenvalue weighted by molar-refractivity contribution is -0.118. The third-order valence-electron chi connectivity index (χ3n) is 3.61. The minimum Gasteiger partial charge on any atom is -0.416 e. The molecule has 8 heteroatoms. The van der Waals surface area contributed by atoms with Crippen LogP contribution >= 0.6 is 23.4 Å². The van der Waals surface area contributed by atoms with Gasteiger partial charge in [0.1, 0.15) is 0 Å². The first-order chi connectivity index (χ1) is 11.5. The summed E-state index contributed by atoms with van der Waals surface area (Å²) in [7, 11) is 0. The van der Waals surface area contributed by atoms with Gasteiger partial charge in [-0.1, -0.05) is 23.4 Å². The van der Waals surface area contributed by atoms with Crippen LogP contribution in [0.4, 0.5) is 0 Å². The number of hydrogen-bond acceptors (Lipinski definition) is 5. The number of amides is 1. The summed E-state index contributed by atoms with van der Waals surface area (Å²) in [6, 6.07) is 5.78. The largest absolute Gasteiger partial charge is 0.416 e. The van der Waals surface area contributed by atoms with Gasteiger partial charge in [-0.25, -0.2) is 0 Å². The lowest BCUT2D eigenvalue weighted by Gasteiger charge is -2.05. The monoisotopic (exact) mass is 364 g/mol. The molecule has 24 heavy (non-hydrogen) atoms. The summed E-state index contributed by atoms with van der Waals surface area (Å²) in [6.45, 7) is 4.30. The Hall–Kier alpha value is -1.99. The first kappa shape index (κ1) is 16.9. The summed E-state index contributed by atoms with van der Waals surface area (Å²) in [5, 5.41) is 12.7. The molecule has 2 N–H and O–H groups in total. The van der Waals surface area contributed by atoms with Gasteiger partial charge in [0.05, 0.1) is 5.75 Å². The van der Waals surface area contributed by atoms with Gasteiger partial charge < -0.3 is 14.7 Å². The predicted octanol–water partition coefficient (Wildman–Crippen LogP) is 3.27.